The van der Waals surface area contributed by atoms with Gasteiger partial charge in [0.25, 0.3) is 5.91 Å². The number of ether oxygens (including phenoxy) is 2. The highest BCUT2D eigenvalue weighted by atomic mass is 35.5. The molecule has 0 bridgehead atoms. The molecule has 0 saturated heterocycles. The number of carbonyl (C=O) groups excluding carboxylic acids is 2. The molecule has 2 amide bonds. The Morgan fingerprint density at radius 1 is 1.06 bits per heavy atom. The van der Waals surface area contributed by atoms with E-state index in [-0.39, 0.29) is 54.3 Å². The van der Waals surface area contributed by atoms with E-state index < -0.39 is 22.2 Å². The molecule has 47 heavy (non-hydrogen) atoms. The van der Waals surface area contributed by atoms with Crippen LogP contribution in [0.2, 0.25) is 5.02 Å². The Morgan fingerprint density at radius 3 is 2.43 bits per heavy atom. The van der Waals surface area contributed by atoms with Crippen LogP contribution >= 0.6 is 11.6 Å². The maximum Gasteiger partial charge on any atom is 0.258 e. The second kappa shape index (κ2) is 17.1. The molecule has 4 rings (SSSR count). The third-order valence-electron chi connectivity index (χ3n) is 9.25. The Kier molecular flexibility index (Phi) is 13.5. The fourth-order valence-electron chi connectivity index (χ4n) is 6.21. The lowest BCUT2D eigenvalue weighted by molar-refractivity contribution is -0.120. The number of hydrogen-bond donors (Lipinski definition) is 2. The van der Waals surface area contributed by atoms with Gasteiger partial charge in [-0.05, 0) is 88.4 Å². The van der Waals surface area contributed by atoms with Crippen LogP contribution in [-0.4, -0.2) is 86.1 Å². The molecule has 4 atom stereocenters. The van der Waals surface area contributed by atoms with E-state index in [9.17, 15) is 23.1 Å². The Bertz CT molecular complexity index is 1450. The highest BCUT2D eigenvalue weighted by Gasteiger charge is 2.33. The van der Waals surface area contributed by atoms with E-state index in [1.807, 2.05) is 13.8 Å². The van der Waals surface area contributed by atoms with Gasteiger partial charge in [-0.25, -0.2) is 8.42 Å². The number of fused-ring (bicyclic) bond motifs is 1. The highest BCUT2D eigenvalue weighted by Crippen LogP contribution is 2.30. The Morgan fingerprint density at radius 2 is 1.74 bits per heavy atom. The van der Waals surface area contributed by atoms with Crippen molar-refractivity contribution in [3.05, 3.63) is 53.1 Å². The summed E-state index contributed by atoms with van der Waals surface area (Å²) in [4.78, 5) is 29.1. The van der Waals surface area contributed by atoms with Crippen molar-refractivity contribution >= 4 is 39.1 Å². The number of benzene rings is 2. The number of aliphatic hydroxyl groups excluding tert-OH is 1. The average molecular weight is 692 g/mol. The summed E-state index contributed by atoms with van der Waals surface area (Å²) in [5.74, 6) is -0.336. The van der Waals surface area contributed by atoms with E-state index in [4.69, 9.17) is 21.1 Å². The minimum atomic E-state index is -3.83. The zero-order valence-corrected chi connectivity index (χ0v) is 29.6. The molecule has 2 N–H and O–H groups in total. The average Bonchev–Trinajstić information content (AvgIpc) is 3.06. The first-order valence-electron chi connectivity index (χ1n) is 16.8. The summed E-state index contributed by atoms with van der Waals surface area (Å²) in [6.45, 7) is 6.03. The van der Waals surface area contributed by atoms with E-state index >= 15 is 0 Å². The van der Waals surface area contributed by atoms with Gasteiger partial charge in [0, 0.05) is 49.3 Å². The maximum atomic E-state index is 14.4. The number of nitrogens with one attached hydrogen (secondary N) is 1. The first-order chi connectivity index (χ1) is 22.4. The predicted octanol–water partition coefficient (Wildman–Crippen LogP) is 5.98. The van der Waals surface area contributed by atoms with Crippen molar-refractivity contribution in [2.45, 2.75) is 95.3 Å². The monoisotopic (exact) mass is 691 g/mol. The molecule has 1 fully saturated rings. The van der Waals surface area contributed by atoms with E-state index in [1.165, 1.54) is 35.6 Å². The van der Waals surface area contributed by atoms with Crippen LogP contribution in [0.4, 0.5) is 5.69 Å². The van der Waals surface area contributed by atoms with Crippen molar-refractivity contribution in [1.29, 1.82) is 0 Å². The van der Waals surface area contributed by atoms with Crippen LogP contribution in [0.1, 0.15) is 82.5 Å². The molecule has 2 aliphatic rings. The summed E-state index contributed by atoms with van der Waals surface area (Å²) in [5, 5.41) is 13.7. The van der Waals surface area contributed by atoms with Crippen LogP contribution in [0.15, 0.2) is 47.4 Å². The zero-order valence-electron chi connectivity index (χ0n) is 28.0. The molecule has 2 aromatic rings. The van der Waals surface area contributed by atoms with E-state index in [0.717, 1.165) is 51.4 Å². The molecule has 1 aliphatic heterocycles. The number of rotatable bonds is 8. The number of likely N-dealkylation sites (N-methyl/N-ethyl adjacent to an activating group) is 1. The summed E-state index contributed by atoms with van der Waals surface area (Å²) in [5.41, 5.74) is 0.813. The number of anilines is 1. The summed E-state index contributed by atoms with van der Waals surface area (Å²) >= 11 is 5.99. The van der Waals surface area contributed by atoms with Crippen molar-refractivity contribution in [1.82, 2.24) is 9.21 Å². The summed E-state index contributed by atoms with van der Waals surface area (Å²) in [7, 11) is -2.32. The first-order valence-corrected chi connectivity index (χ1v) is 18.6. The second-order valence-corrected chi connectivity index (χ2v) is 15.6. The topological polar surface area (TPSA) is 125 Å². The van der Waals surface area contributed by atoms with Crippen molar-refractivity contribution < 1.29 is 32.6 Å². The van der Waals surface area contributed by atoms with Gasteiger partial charge < -0.3 is 24.8 Å². The van der Waals surface area contributed by atoms with Gasteiger partial charge in [-0.1, -0.05) is 37.8 Å². The molecule has 1 heterocycles. The highest BCUT2D eigenvalue weighted by molar-refractivity contribution is 7.89. The Labute approximate surface area is 284 Å². The van der Waals surface area contributed by atoms with Gasteiger partial charge in [0.15, 0.2) is 0 Å². The molecular weight excluding hydrogens is 642 g/mol. The van der Waals surface area contributed by atoms with E-state index in [1.54, 1.807) is 30.0 Å². The lowest BCUT2D eigenvalue weighted by Gasteiger charge is -2.35. The lowest BCUT2D eigenvalue weighted by atomic mass is 9.88. The molecule has 10 nitrogen and oxygen atoms in total. The largest absolute Gasteiger partial charge is 0.490 e. The Balaban J connectivity index is 1.62. The first kappa shape index (κ1) is 37.1. The smallest absolute Gasteiger partial charge is 0.258 e. The number of aliphatic hydroxyl groups is 1. The number of hydrogen-bond acceptors (Lipinski definition) is 7. The summed E-state index contributed by atoms with van der Waals surface area (Å²) < 4.78 is 40.7. The van der Waals surface area contributed by atoms with Crippen LogP contribution in [0.5, 0.6) is 5.75 Å². The third kappa shape index (κ3) is 9.92. The fraction of sp³-hybridized carbons (Fsp3) is 0.600. The van der Waals surface area contributed by atoms with Crippen molar-refractivity contribution in [3.63, 3.8) is 0 Å². The minimum Gasteiger partial charge on any atom is -0.490 e. The number of halogens is 1. The van der Waals surface area contributed by atoms with Crippen molar-refractivity contribution in [3.8, 4) is 5.75 Å². The Hall–Kier alpha value is -2.70. The number of nitrogens with zero attached hydrogens (tertiary/aromatic N) is 2. The quantitative estimate of drug-likeness (QED) is 0.349. The SMILES string of the molecule is C[C@@H]1CN([C@@H](C)CO)C(=O)c2cc(NC(=O)C3CCCCC3)ccc2O[C@@H](C)CCCCO[C@H]1CN(C)S(=O)(=O)c1ccc(Cl)cc1. The maximum absolute atomic E-state index is 14.4. The van der Waals surface area contributed by atoms with E-state index in [2.05, 4.69) is 5.32 Å². The third-order valence-corrected chi connectivity index (χ3v) is 11.3. The van der Waals surface area contributed by atoms with E-state index in [0.29, 0.717) is 28.6 Å². The van der Waals surface area contributed by atoms with Gasteiger partial charge in [0.05, 0.1) is 35.3 Å². The molecule has 2 aromatic carbocycles. The van der Waals surface area contributed by atoms with Gasteiger partial charge in [-0.15, -0.1) is 0 Å². The lowest BCUT2D eigenvalue weighted by Crippen LogP contribution is -2.48. The van der Waals surface area contributed by atoms with Crippen LogP contribution in [0, 0.1) is 11.8 Å². The second-order valence-electron chi connectivity index (χ2n) is 13.1. The van der Waals surface area contributed by atoms with Crippen LogP contribution in [-0.2, 0) is 19.6 Å². The standard InChI is InChI=1S/C35H50ClN3O7S/c1-24-21-39(25(2)23-40)35(42)31-20-29(37-34(41)27-11-6-5-7-12-27)15-18-32(31)46-26(3)10-8-9-19-45-33(24)22-38(4)47(43,44)30-16-13-28(36)14-17-30/h13-18,20,24-27,33,40H,5-12,19,21-23H2,1-4H3,(H,37,41)/t24-,25+,26+,33+/m1/s1. The van der Waals surface area contributed by atoms with Gasteiger partial charge in [-0.3, -0.25) is 9.59 Å². The molecule has 260 valence electrons. The molecule has 1 saturated carbocycles. The molecular formula is C35H50ClN3O7S. The molecule has 0 radical (unpaired) electrons. The van der Waals surface area contributed by atoms with Crippen LogP contribution < -0.4 is 10.1 Å². The van der Waals surface area contributed by atoms with Crippen molar-refractivity contribution in [2.75, 3.05) is 38.7 Å². The fourth-order valence-corrected chi connectivity index (χ4v) is 7.52. The van der Waals surface area contributed by atoms with Crippen LogP contribution in [0.25, 0.3) is 0 Å². The van der Waals surface area contributed by atoms with Gasteiger partial charge in [-0.2, -0.15) is 4.31 Å². The predicted molar refractivity (Wildman–Crippen MR) is 183 cm³/mol. The normalized spacial score (nSPS) is 23.0. The number of sulfonamides is 1. The summed E-state index contributed by atoms with van der Waals surface area (Å²) in [6, 6.07) is 10.6. The van der Waals surface area contributed by atoms with Gasteiger partial charge in [0.2, 0.25) is 15.9 Å². The number of amides is 2. The van der Waals surface area contributed by atoms with Gasteiger partial charge >= 0.3 is 0 Å². The molecule has 12 heteroatoms. The molecule has 0 unspecified atom stereocenters. The van der Waals surface area contributed by atoms with Gasteiger partial charge in [0.1, 0.15) is 5.75 Å². The van der Waals surface area contributed by atoms with Crippen LogP contribution in [0.3, 0.4) is 0 Å². The summed E-state index contributed by atoms with van der Waals surface area (Å²) in [6.07, 6.45) is 6.47. The minimum absolute atomic E-state index is 0.0425. The van der Waals surface area contributed by atoms with Crippen molar-refractivity contribution in [2.24, 2.45) is 11.8 Å². The number of carbonyl (C=O) groups is 2. The molecule has 0 aromatic heterocycles. The molecule has 0 spiro atoms. The molecule has 1 aliphatic carbocycles. The zero-order chi connectivity index (χ0) is 34.1.